The number of anilines is 1. The van der Waals surface area contributed by atoms with Gasteiger partial charge in [0.2, 0.25) is 0 Å². The monoisotopic (exact) mass is 427 g/mol. The fourth-order valence-corrected chi connectivity index (χ4v) is 4.66. The van der Waals surface area contributed by atoms with Gasteiger partial charge < -0.3 is 15.4 Å². The Kier molecular flexibility index (Phi) is 5.53. The van der Waals surface area contributed by atoms with E-state index in [0.29, 0.717) is 18.3 Å². The number of rotatable bonds is 7. The molecule has 1 aliphatic carbocycles. The minimum atomic E-state index is 0.445. The van der Waals surface area contributed by atoms with Crippen molar-refractivity contribution >= 4 is 11.3 Å². The van der Waals surface area contributed by atoms with Gasteiger partial charge in [-0.15, -0.1) is 0 Å². The Bertz CT molecular complexity index is 1210. The van der Waals surface area contributed by atoms with E-state index in [4.69, 9.17) is 15.5 Å². The predicted octanol–water partition coefficient (Wildman–Crippen LogP) is 4.61. The third-order valence-corrected chi connectivity index (χ3v) is 6.19. The van der Waals surface area contributed by atoms with Gasteiger partial charge in [-0.1, -0.05) is 42.5 Å². The molecule has 2 N–H and O–H groups in total. The molecule has 2 aromatic carbocycles. The molecular formula is C26H29N5O. The number of aromatic nitrogens is 3. The van der Waals surface area contributed by atoms with Crippen LogP contribution in [-0.4, -0.2) is 39.9 Å². The number of nitrogen functional groups attached to an aromatic ring is 1. The molecule has 1 saturated carbocycles. The number of ether oxygens (including phenoxy) is 1. The van der Waals surface area contributed by atoms with Crippen molar-refractivity contribution in [2.24, 2.45) is 5.92 Å². The lowest BCUT2D eigenvalue weighted by Gasteiger charge is -2.36. The van der Waals surface area contributed by atoms with Crippen molar-refractivity contribution in [3.8, 4) is 17.0 Å². The first-order valence-corrected chi connectivity index (χ1v) is 11.1. The lowest BCUT2D eigenvalue weighted by Crippen LogP contribution is -2.32. The maximum Gasteiger partial charge on any atom is 0.150 e. The van der Waals surface area contributed by atoms with Gasteiger partial charge in [0.1, 0.15) is 35.2 Å². The second-order valence-electron chi connectivity index (χ2n) is 8.95. The van der Waals surface area contributed by atoms with Crippen LogP contribution < -0.4 is 10.5 Å². The van der Waals surface area contributed by atoms with Gasteiger partial charge in [0.15, 0.2) is 0 Å². The average Bonchev–Trinajstić information content (AvgIpc) is 3.16. The molecule has 0 radical (unpaired) electrons. The molecule has 1 aliphatic rings. The largest absolute Gasteiger partial charge is 0.489 e. The number of hydrogen-bond acceptors (Lipinski definition) is 5. The summed E-state index contributed by atoms with van der Waals surface area (Å²) in [5, 5.41) is 0. The lowest BCUT2D eigenvalue weighted by atomic mass is 9.74. The van der Waals surface area contributed by atoms with E-state index >= 15 is 0 Å². The van der Waals surface area contributed by atoms with E-state index in [1.165, 1.54) is 0 Å². The molecule has 0 atom stereocenters. The molecule has 5 rings (SSSR count). The van der Waals surface area contributed by atoms with Gasteiger partial charge in [-0.25, -0.2) is 9.97 Å². The van der Waals surface area contributed by atoms with E-state index in [2.05, 4.69) is 46.6 Å². The van der Waals surface area contributed by atoms with Crippen molar-refractivity contribution < 1.29 is 4.74 Å². The summed E-state index contributed by atoms with van der Waals surface area (Å²) in [7, 11) is 4.27. The van der Waals surface area contributed by atoms with Crippen LogP contribution in [0.4, 0.5) is 5.82 Å². The third-order valence-electron chi connectivity index (χ3n) is 6.19. The highest BCUT2D eigenvalue weighted by Gasteiger charge is 2.34. The van der Waals surface area contributed by atoms with Crippen LogP contribution in [0.2, 0.25) is 0 Å². The summed E-state index contributed by atoms with van der Waals surface area (Å²) in [6.07, 6.45) is 6.04. The predicted molar refractivity (Wildman–Crippen MR) is 128 cm³/mol. The van der Waals surface area contributed by atoms with E-state index in [1.807, 2.05) is 42.6 Å². The van der Waals surface area contributed by atoms with Crippen LogP contribution in [0.25, 0.3) is 16.8 Å². The summed E-state index contributed by atoms with van der Waals surface area (Å²) in [5.74, 6) is 3.56. The summed E-state index contributed by atoms with van der Waals surface area (Å²) >= 11 is 0. The summed E-state index contributed by atoms with van der Waals surface area (Å²) in [6, 6.07) is 18.3. The highest BCUT2D eigenvalue weighted by molar-refractivity contribution is 5.85. The Hall–Kier alpha value is -3.38. The fraction of sp³-hybridized carbons (Fsp3) is 0.308. The molecular weight excluding hydrogens is 398 g/mol. The van der Waals surface area contributed by atoms with E-state index in [-0.39, 0.29) is 0 Å². The fourth-order valence-electron chi connectivity index (χ4n) is 4.66. The Balaban J connectivity index is 1.44. The van der Waals surface area contributed by atoms with Crippen LogP contribution in [0.1, 0.15) is 30.1 Å². The molecule has 6 nitrogen and oxygen atoms in total. The molecule has 0 unspecified atom stereocenters. The minimum Gasteiger partial charge on any atom is -0.489 e. The topological polar surface area (TPSA) is 68.7 Å². The van der Waals surface area contributed by atoms with E-state index in [9.17, 15) is 0 Å². The van der Waals surface area contributed by atoms with Crippen LogP contribution in [0.5, 0.6) is 5.75 Å². The molecule has 0 spiro atoms. The first-order valence-electron chi connectivity index (χ1n) is 11.1. The number of hydrogen-bond donors (Lipinski definition) is 1. The summed E-state index contributed by atoms with van der Waals surface area (Å²) < 4.78 is 8.18. The zero-order chi connectivity index (χ0) is 22.1. The molecule has 32 heavy (non-hydrogen) atoms. The minimum absolute atomic E-state index is 0.445. The Morgan fingerprint density at radius 3 is 2.69 bits per heavy atom. The molecule has 0 bridgehead atoms. The average molecular weight is 428 g/mol. The van der Waals surface area contributed by atoms with Crippen molar-refractivity contribution in [1.82, 2.24) is 19.3 Å². The van der Waals surface area contributed by atoms with Gasteiger partial charge in [0.05, 0.1) is 0 Å². The van der Waals surface area contributed by atoms with E-state index in [1.54, 1.807) is 6.20 Å². The van der Waals surface area contributed by atoms with Crippen LogP contribution in [-0.2, 0) is 6.61 Å². The standard InChI is InChI=1S/C26H29N5O/c1-30(2)16-19-13-21(14-19)26-29-23(24-25(27)28-11-12-31(24)26)20-9-6-10-22(15-20)32-17-18-7-4-3-5-8-18/h3-12,15,19,21H,13-14,16-17H2,1-2H3,(H2,27,28). The highest BCUT2D eigenvalue weighted by Crippen LogP contribution is 2.43. The molecule has 0 aliphatic heterocycles. The number of nitrogens with zero attached hydrogens (tertiary/aromatic N) is 4. The number of imidazole rings is 1. The SMILES string of the molecule is CN(C)CC1CC(c2nc(-c3cccc(OCc4ccccc4)c3)c3c(N)nccn23)C1. The number of benzene rings is 2. The van der Waals surface area contributed by atoms with Crippen LogP contribution in [0.3, 0.4) is 0 Å². The van der Waals surface area contributed by atoms with Gasteiger partial charge in [0, 0.05) is 30.4 Å². The maximum absolute atomic E-state index is 6.32. The highest BCUT2D eigenvalue weighted by atomic mass is 16.5. The van der Waals surface area contributed by atoms with Crippen molar-refractivity contribution in [2.75, 3.05) is 26.4 Å². The molecule has 4 aromatic rings. The Morgan fingerprint density at radius 1 is 1.09 bits per heavy atom. The molecule has 0 amide bonds. The van der Waals surface area contributed by atoms with Crippen LogP contribution in [0, 0.1) is 5.92 Å². The molecule has 6 heteroatoms. The van der Waals surface area contributed by atoms with E-state index in [0.717, 1.165) is 59.2 Å². The molecule has 2 aromatic heterocycles. The second-order valence-corrected chi connectivity index (χ2v) is 8.95. The summed E-state index contributed by atoms with van der Waals surface area (Å²) in [6.45, 7) is 1.65. The Morgan fingerprint density at radius 2 is 1.91 bits per heavy atom. The van der Waals surface area contributed by atoms with Gasteiger partial charge in [-0.3, -0.25) is 4.40 Å². The number of fused-ring (bicyclic) bond motifs is 1. The van der Waals surface area contributed by atoms with Crippen LogP contribution >= 0.6 is 0 Å². The van der Waals surface area contributed by atoms with Gasteiger partial charge >= 0.3 is 0 Å². The van der Waals surface area contributed by atoms with E-state index < -0.39 is 0 Å². The third kappa shape index (κ3) is 4.06. The first-order chi connectivity index (χ1) is 15.6. The lowest BCUT2D eigenvalue weighted by molar-refractivity contribution is 0.194. The summed E-state index contributed by atoms with van der Waals surface area (Å²) in [4.78, 5) is 11.7. The van der Waals surface area contributed by atoms with Crippen molar-refractivity contribution in [3.05, 3.63) is 78.4 Å². The zero-order valence-electron chi connectivity index (χ0n) is 18.6. The second kappa shape index (κ2) is 8.63. The molecule has 0 saturated heterocycles. The van der Waals surface area contributed by atoms with Crippen molar-refractivity contribution in [1.29, 1.82) is 0 Å². The van der Waals surface area contributed by atoms with Gasteiger partial charge in [-0.2, -0.15) is 0 Å². The smallest absolute Gasteiger partial charge is 0.150 e. The normalized spacial score (nSPS) is 18.1. The molecule has 2 heterocycles. The Labute approximate surface area is 188 Å². The van der Waals surface area contributed by atoms with Crippen molar-refractivity contribution in [3.63, 3.8) is 0 Å². The molecule has 1 fully saturated rings. The maximum atomic E-state index is 6.32. The first kappa shape index (κ1) is 20.5. The quantitative estimate of drug-likeness (QED) is 0.466. The van der Waals surface area contributed by atoms with Crippen molar-refractivity contribution in [2.45, 2.75) is 25.4 Å². The number of nitrogens with two attached hydrogens (primary N) is 1. The molecule has 164 valence electrons. The van der Waals surface area contributed by atoms with Gasteiger partial charge in [0.25, 0.3) is 0 Å². The van der Waals surface area contributed by atoms with Gasteiger partial charge in [-0.05, 0) is 50.6 Å². The van der Waals surface area contributed by atoms with Crippen LogP contribution in [0.15, 0.2) is 67.0 Å². The summed E-state index contributed by atoms with van der Waals surface area (Å²) in [5.41, 5.74) is 10.2. The zero-order valence-corrected chi connectivity index (χ0v) is 18.6.